The quantitative estimate of drug-likeness (QED) is 0.878. The van der Waals surface area contributed by atoms with E-state index in [0.717, 1.165) is 34.9 Å². The molecule has 1 aliphatic heterocycles. The largest absolute Gasteiger partial charge is 0.454 e. The van der Waals surface area contributed by atoms with Crippen molar-refractivity contribution in [1.82, 2.24) is 9.97 Å². The van der Waals surface area contributed by atoms with Crippen LogP contribution in [0.5, 0.6) is 11.5 Å². The Hall–Kier alpha value is -2.01. The zero-order valence-corrected chi connectivity index (χ0v) is 11.8. The number of fused-ring (bicyclic) bond motifs is 1. The van der Waals surface area contributed by atoms with Crippen molar-refractivity contribution in [2.24, 2.45) is 0 Å². The van der Waals surface area contributed by atoms with Crippen LogP contribution in [0.1, 0.15) is 18.1 Å². The maximum absolute atomic E-state index is 6.06. The highest BCUT2D eigenvalue weighted by Crippen LogP contribution is 2.32. The van der Waals surface area contributed by atoms with Gasteiger partial charge in [0.2, 0.25) is 6.79 Å². The molecule has 0 bridgehead atoms. The second-order valence-corrected chi connectivity index (χ2v) is 4.74. The number of nitrogens with zero attached hydrogens (tertiary/aromatic N) is 2. The van der Waals surface area contributed by atoms with E-state index in [2.05, 4.69) is 15.3 Å². The maximum atomic E-state index is 6.06. The number of halogens is 1. The minimum absolute atomic E-state index is 0.285. The Kier molecular flexibility index (Phi) is 3.60. The van der Waals surface area contributed by atoms with E-state index in [9.17, 15) is 0 Å². The summed E-state index contributed by atoms with van der Waals surface area (Å²) in [6.45, 7) is 2.95. The van der Waals surface area contributed by atoms with E-state index >= 15 is 0 Å². The van der Waals surface area contributed by atoms with Crippen LogP contribution in [0.15, 0.2) is 24.5 Å². The van der Waals surface area contributed by atoms with Gasteiger partial charge < -0.3 is 14.8 Å². The summed E-state index contributed by atoms with van der Waals surface area (Å²) in [5.41, 5.74) is 2.01. The first-order valence-electron chi connectivity index (χ1n) is 6.39. The molecule has 5 nitrogen and oxygen atoms in total. The molecular formula is C14H14ClN3O2. The average Bonchev–Trinajstić information content (AvgIpc) is 2.92. The van der Waals surface area contributed by atoms with Crippen LogP contribution in [-0.4, -0.2) is 16.8 Å². The van der Waals surface area contributed by atoms with E-state index in [4.69, 9.17) is 21.1 Å². The third kappa shape index (κ3) is 2.49. The fourth-order valence-electron chi connectivity index (χ4n) is 2.09. The Morgan fingerprint density at radius 2 is 2.10 bits per heavy atom. The lowest BCUT2D eigenvalue weighted by Crippen LogP contribution is -2.05. The van der Waals surface area contributed by atoms with Crippen molar-refractivity contribution < 1.29 is 9.47 Å². The molecule has 1 N–H and O–H groups in total. The molecule has 0 atom stereocenters. The van der Waals surface area contributed by atoms with Crippen LogP contribution in [0.25, 0.3) is 0 Å². The van der Waals surface area contributed by atoms with Crippen molar-refractivity contribution >= 4 is 17.4 Å². The summed E-state index contributed by atoms with van der Waals surface area (Å²) >= 11 is 6.06. The number of benzene rings is 1. The van der Waals surface area contributed by atoms with Gasteiger partial charge in [0.15, 0.2) is 11.5 Å². The number of aromatic nitrogens is 2. The fraction of sp³-hybridized carbons (Fsp3) is 0.286. The van der Waals surface area contributed by atoms with Gasteiger partial charge in [-0.05, 0) is 24.1 Å². The number of hydrogen-bond donors (Lipinski definition) is 1. The molecule has 0 unspecified atom stereocenters. The summed E-state index contributed by atoms with van der Waals surface area (Å²) < 4.78 is 10.6. The molecule has 1 aliphatic rings. The number of rotatable bonds is 4. The molecule has 0 saturated carbocycles. The number of anilines is 1. The summed E-state index contributed by atoms with van der Waals surface area (Å²) in [4.78, 5) is 8.23. The van der Waals surface area contributed by atoms with Gasteiger partial charge in [-0.3, -0.25) is 0 Å². The molecule has 0 saturated heterocycles. The van der Waals surface area contributed by atoms with Crippen molar-refractivity contribution in [2.75, 3.05) is 12.1 Å². The van der Waals surface area contributed by atoms with Gasteiger partial charge in [0.05, 0.1) is 0 Å². The Morgan fingerprint density at radius 3 is 2.95 bits per heavy atom. The summed E-state index contributed by atoms with van der Waals surface area (Å²) in [5, 5.41) is 3.78. The smallest absolute Gasteiger partial charge is 0.231 e. The molecule has 0 radical (unpaired) electrons. The summed E-state index contributed by atoms with van der Waals surface area (Å²) in [7, 11) is 0. The number of ether oxygens (including phenoxy) is 2. The van der Waals surface area contributed by atoms with Crippen molar-refractivity contribution in [3.63, 3.8) is 0 Å². The average molecular weight is 292 g/mol. The van der Waals surface area contributed by atoms with Crippen LogP contribution in [0, 0.1) is 0 Å². The SMILES string of the molecule is CCc1c(Cl)ncnc1NCc1ccc2c(c1)OCO2. The first-order chi connectivity index (χ1) is 9.78. The van der Waals surface area contributed by atoms with Crippen molar-refractivity contribution in [1.29, 1.82) is 0 Å². The monoisotopic (exact) mass is 291 g/mol. The Labute approximate surface area is 121 Å². The molecule has 1 aromatic carbocycles. The molecule has 104 valence electrons. The molecule has 0 spiro atoms. The number of hydrogen-bond acceptors (Lipinski definition) is 5. The van der Waals surface area contributed by atoms with E-state index < -0.39 is 0 Å². The van der Waals surface area contributed by atoms with Crippen LogP contribution < -0.4 is 14.8 Å². The van der Waals surface area contributed by atoms with Gasteiger partial charge in [0.25, 0.3) is 0 Å². The predicted molar refractivity (Wildman–Crippen MR) is 76.3 cm³/mol. The van der Waals surface area contributed by atoms with Crippen molar-refractivity contribution in [3.05, 3.63) is 40.8 Å². The van der Waals surface area contributed by atoms with Gasteiger partial charge in [0, 0.05) is 12.1 Å². The van der Waals surface area contributed by atoms with Crippen LogP contribution in [0.3, 0.4) is 0 Å². The Balaban J connectivity index is 1.75. The predicted octanol–water partition coefficient (Wildman–Crippen LogP) is 3.03. The second kappa shape index (κ2) is 5.54. The molecular weight excluding hydrogens is 278 g/mol. The first kappa shape index (κ1) is 13.0. The highest BCUT2D eigenvalue weighted by Gasteiger charge is 2.13. The normalized spacial score (nSPS) is 12.5. The van der Waals surface area contributed by atoms with Gasteiger partial charge >= 0.3 is 0 Å². The second-order valence-electron chi connectivity index (χ2n) is 4.39. The van der Waals surface area contributed by atoms with Gasteiger partial charge in [-0.25, -0.2) is 9.97 Å². The topological polar surface area (TPSA) is 56.3 Å². The molecule has 6 heteroatoms. The summed E-state index contributed by atoms with van der Waals surface area (Å²) in [6, 6.07) is 5.87. The minimum atomic E-state index is 0.285. The van der Waals surface area contributed by atoms with Crippen LogP contribution >= 0.6 is 11.6 Å². The van der Waals surface area contributed by atoms with Crippen molar-refractivity contribution in [2.45, 2.75) is 19.9 Å². The maximum Gasteiger partial charge on any atom is 0.231 e. The third-order valence-electron chi connectivity index (χ3n) is 3.14. The van der Waals surface area contributed by atoms with E-state index in [-0.39, 0.29) is 6.79 Å². The van der Waals surface area contributed by atoms with Crippen LogP contribution in [0.2, 0.25) is 5.15 Å². The lowest BCUT2D eigenvalue weighted by atomic mass is 10.2. The first-order valence-corrected chi connectivity index (χ1v) is 6.77. The molecule has 20 heavy (non-hydrogen) atoms. The molecule has 1 aromatic heterocycles. The zero-order valence-electron chi connectivity index (χ0n) is 11.0. The van der Waals surface area contributed by atoms with Gasteiger partial charge in [-0.2, -0.15) is 0 Å². The molecule has 0 amide bonds. The van der Waals surface area contributed by atoms with E-state index in [0.29, 0.717) is 11.7 Å². The Bertz CT molecular complexity index is 634. The van der Waals surface area contributed by atoms with Crippen molar-refractivity contribution in [3.8, 4) is 11.5 Å². The molecule has 0 fully saturated rings. The molecule has 2 aromatic rings. The third-order valence-corrected chi connectivity index (χ3v) is 3.47. The molecule has 3 rings (SSSR count). The fourth-order valence-corrected chi connectivity index (χ4v) is 2.36. The van der Waals surface area contributed by atoms with Crippen LogP contribution in [-0.2, 0) is 13.0 Å². The summed E-state index contributed by atoms with van der Waals surface area (Å²) in [5.74, 6) is 2.33. The van der Waals surface area contributed by atoms with Gasteiger partial charge in [-0.1, -0.05) is 24.6 Å². The highest BCUT2D eigenvalue weighted by molar-refractivity contribution is 6.30. The Morgan fingerprint density at radius 1 is 1.25 bits per heavy atom. The van der Waals surface area contributed by atoms with Gasteiger partial charge in [0.1, 0.15) is 17.3 Å². The van der Waals surface area contributed by atoms with Gasteiger partial charge in [-0.15, -0.1) is 0 Å². The van der Waals surface area contributed by atoms with E-state index in [1.807, 2.05) is 25.1 Å². The highest BCUT2D eigenvalue weighted by atomic mass is 35.5. The molecule has 0 aliphatic carbocycles. The zero-order chi connectivity index (χ0) is 13.9. The molecule has 2 heterocycles. The number of nitrogens with one attached hydrogen (secondary N) is 1. The standard InChI is InChI=1S/C14H14ClN3O2/c1-2-10-13(15)17-7-18-14(10)16-6-9-3-4-11-12(5-9)20-8-19-11/h3-5,7H,2,6,8H2,1H3,(H,16,17,18). The lowest BCUT2D eigenvalue weighted by molar-refractivity contribution is 0.174. The minimum Gasteiger partial charge on any atom is -0.454 e. The van der Waals surface area contributed by atoms with E-state index in [1.165, 1.54) is 6.33 Å². The lowest BCUT2D eigenvalue weighted by Gasteiger charge is -2.10. The van der Waals surface area contributed by atoms with Crippen LogP contribution in [0.4, 0.5) is 5.82 Å². The summed E-state index contributed by atoms with van der Waals surface area (Å²) in [6.07, 6.45) is 2.24. The van der Waals surface area contributed by atoms with E-state index in [1.54, 1.807) is 0 Å².